The first kappa shape index (κ1) is 16.8. The SMILES string of the molecule is CCCCNC(=O)C1(C(=O)NCCc2ccc(Cl)cc2)CC1. The van der Waals surface area contributed by atoms with E-state index in [2.05, 4.69) is 17.6 Å². The highest BCUT2D eigenvalue weighted by molar-refractivity contribution is 6.30. The Labute approximate surface area is 136 Å². The topological polar surface area (TPSA) is 58.2 Å². The van der Waals surface area contributed by atoms with Crippen molar-refractivity contribution in [1.29, 1.82) is 0 Å². The lowest BCUT2D eigenvalue weighted by atomic mass is 10.0. The molecule has 1 fully saturated rings. The molecule has 4 nitrogen and oxygen atoms in total. The summed E-state index contributed by atoms with van der Waals surface area (Å²) in [6, 6.07) is 7.56. The zero-order valence-electron chi connectivity index (χ0n) is 13.0. The molecule has 1 aromatic rings. The standard InChI is InChI=1S/C17H23ClN2O2/c1-2-3-11-19-15(21)17(9-10-17)16(22)20-12-8-13-4-6-14(18)7-5-13/h4-7H,2-3,8-12H2,1H3,(H,19,21)(H,20,22). The van der Waals surface area contributed by atoms with Gasteiger partial charge in [-0.1, -0.05) is 37.1 Å². The maximum Gasteiger partial charge on any atom is 0.235 e. The van der Waals surface area contributed by atoms with Crippen LogP contribution < -0.4 is 10.6 Å². The van der Waals surface area contributed by atoms with Crippen LogP contribution in [0, 0.1) is 5.41 Å². The zero-order chi connectivity index (χ0) is 16.0. The molecule has 22 heavy (non-hydrogen) atoms. The van der Waals surface area contributed by atoms with Crippen LogP contribution in [0.25, 0.3) is 0 Å². The van der Waals surface area contributed by atoms with Crippen molar-refractivity contribution < 1.29 is 9.59 Å². The van der Waals surface area contributed by atoms with E-state index >= 15 is 0 Å². The Hall–Kier alpha value is -1.55. The number of amides is 2. The van der Waals surface area contributed by atoms with Crippen molar-refractivity contribution in [3.05, 3.63) is 34.9 Å². The van der Waals surface area contributed by atoms with E-state index < -0.39 is 5.41 Å². The Morgan fingerprint density at radius 3 is 2.23 bits per heavy atom. The van der Waals surface area contributed by atoms with Crippen LogP contribution in [0.15, 0.2) is 24.3 Å². The Morgan fingerprint density at radius 2 is 1.68 bits per heavy atom. The third-order valence-electron chi connectivity index (χ3n) is 4.05. The molecule has 1 saturated carbocycles. The highest BCUT2D eigenvalue weighted by Gasteiger charge is 2.56. The van der Waals surface area contributed by atoms with Crippen molar-refractivity contribution >= 4 is 23.4 Å². The van der Waals surface area contributed by atoms with Gasteiger partial charge in [0.25, 0.3) is 0 Å². The molecule has 0 aromatic heterocycles. The first-order chi connectivity index (χ1) is 10.6. The monoisotopic (exact) mass is 322 g/mol. The highest BCUT2D eigenvalue weighted by Crippen LogP contribution is 2.46. The predicted molar refractivity (Wildman–Crippen MR) is 87.8 cm³/mol. The molecule has 0 saturated heterocycles. The lowest BCUT2D eigenvalue weighted by Crippen LogP contribution is -2.43. The summed E-state index contributed by atoms with van der Waals surface area (Å²) in [6.07, 6.45) is 4.01. The molecule has 2 amide bonds. The van der Waals surface area contributed by atoms with Gasteiger partial charge >= 0.3 is 0 Å². The molecular formula is C17H23ClN2O2. The molecule has 0 aliphatic heterocycles. The van der Waals surface area contributed by atoms with Gasteiger partial charge in [0.1, 0.15) is 5.41 Å². The minimum Gasteiger partial charge on any atom is -0.355 e. The van der Waals surface area contributed by atoms with E-state index in [1.165, 1.54) is 0 Å². The minimum atomic E-state index is -0.812. The van der Waals surface area contributed by atoms with Crippen molar-refractivity contribution in [2.75, 3.05) is 13.1 Å². The average Bonchev–Trinajstić information content (AvgIpc) is 3.31. The van der Waals surface area contributed by atoms with Crippen LogP contribution in [0.3, 0.4) is 0 Å². The molecule has 5 heteroatoms. The van der Waals surface area contributed by atoms with Crippen molar-refractivity contribution in [3.63, 3.8) is 0 Å². The number of carbonyl (C=O) groups is 2. The smallest absolute Gasteiger partial charge is 0.235 e. The van der Waals surface area contributed by atoms with Crippen LogP contribution >= 0.6 is 11.6 Å². The zero-order valence-corrected chi connectivity index (χ0v) is 13.7. The molecule has 1 aliphatic carbocycles. The summed E-state index contributed by atoms with van der Waals surface area (Å²) < 4.78 is 0. The minimum absolute atomic E-state index is 0.120. The third kappa shape index (κ3) is 4.23. The molecular weight excluding hydrogens is 300 g/mol. The molecule has 120 valence electrons. The summed E-state index contributed by atoms with van der Waals surface area (Å²) in [6.45, 7) is 3.25. The van der Waals surface area contributed by atoms with Gasteiger partial charge in [0, 0.05) is 18.1 Å². The molecule has 0 spiro atoms. The number of unbranched alkanes of at least 4 members (excludes halogenated alkanes) is 1. The van der Waals surface area contributed by atoms with Gasteiger partial charge in [-0.05, 0) is 43.4 Å². The molecule has 2 N–H and O–H groups in total. The molecule has 1 aromatic carbocycles. The van der Waals surface area contributed by atoms with Gasteiger partial charge in [0.2, 0.25) is 11.8 Å². The van der Waals surface area contributed by atoms with Gasteiger partial charge in [-0.15, -0.1) is 0 Å². The second-order valence-corrected chi connectivity index (χ2v) is 6.26. The summed E-state index contributed by atoms with van der Waals surface area (Å²) in [4.78, 5) is 24.4. The quantitative estimate of drug-likeness (QED) is 0.571. The van der Waals surface area contributed by atoms with Crippen molar-refractivity contribution in [3.8, 4) is 0 Å². The van der Waals surface area contributed by atoms with Gasteiger partial charge < -0.3 is 10.6 Å². The van der Waals surface area contributed by atoms with Gasteiger partial charge in [-0.3, -0.25) is 9.59 Å². The fourth-order valence-corrected chi connectivity index (χ4v) is 2.50. The van der Waals surface area contributed by atoms with Gasteiger partial charge in [0.15, 0.2) is 0 Å². The molecule has 0 radical (unpaired) electrons. The van der Waals surface area contributed by atoms with E-state index in [4.69, 9.17) is 11.6 Å². The Bertz CT molecular complexity index is 524. The number of benzene rings is 1. The molecule has 1 aliphatic rings. The molecule has 2 rings (SSSR count). The molecule has 0 atom stereocenters. The average molecular weight is 323 g/mol. The van der Waals surface area contributed by atoms with Crippen LogP contribution in [-0.2, 0) is 16.0 Å². The van der Waals surface area contributed by atoms with Crippen molar-refractivity contribution in [2.24, 2.45) is 5.41 Å². The Balaban J connectivity index is 1.76. The Morgan fingerprint density at radius 1 is 1.09 bits per heavy atom. The largest absolute Gasteiger partial charge is 0.355 e. The lowest BCUT2D eigenvalue weighted by molar-refractivity contribution is -0.137. The normalized spacial score (nSPS) is 15.2. The van der Waals surface area contributed by atoms with E-state index in [9.17, 15) is 9.59 Å². The van der Waals surface area contributed by atoms with Crippen LogP contribution in [-0.4, -0.2) is 24.9 Å². The van der Waals surface area contributed by atoms with E-state index in [1.807, 2.05) is 24.3 Å². The second kappa shape index (κ2) is 7.63. The lowest BCUT2D eigenvalue weighted by Gasteiger charge is -2.15. The number of carbonyl (C=O) groups excluding carboxylic acids is 2. The van der Waals surface area contributed by atoms with Crippen LogP contribution in [0.1, 0.15) is 38.2 Å². The van der Waals surface area contributed by atoms with Crippen molar-refractivity contribution in [2.45, 2.75) is 39.0 Å². The van der Waals surface area contributed by atoms with Gasteiger partial charge in [-0.25, -0.2) is 0 Å². The number of nitrogens with one attached hydrogen (secondary N) is 2. The van der Waals surface area contributed by atoms with Crippen LogP contribution in [0.4, 0.5) is 0 Å². The second-order valence-electron chi connectivity index (χ2n) is 5.82. The molecule has 0 bridgehead atoms. The summed E-state index contributed by atoms with van der Waals surface area (Å²) >= 11 is 5.84. The number of halogens is 1. The number of hydrogen-bond donors (Lipinski definition) is 2. The van der Waals surface area contributed by atoms with Gasteiger partial charge in [-0.2, -0.15) is 0 Å². The van der Waals surface area contributed by atoms with Crippen LogP contribution in [0.2, 0.25) is 5.02 Å². The number of hydrogen-bond acceptors (Lipinski definition) is 2. The van der Waals surface area contributed by atoms with Crippen LogP contribution in [0.5, 0.6) is 0 Å². The van der Waals surface area contributed by atoms with E-state index in [-0.39, 0.29) is 11.8 Å². The fraction of sp³-hybridized carbons (Fsp3) is 0.529. The first-order valence-electron chi connectivity index (χ1n) is 7.89. The fourth-order valence-electron chi connectivity index (χ4n) is 2.37. The third-order valence-corrected chi connectivity index (χ3v) is 4.30. The summed E-state index contributed by atoms with van der Waals surface area (Å²) in [5.41, 5.74) is 0.301. The van der Waals surface area contributed by atoms with E-state index in [0.29, 0.717) is 31.0 Å². The maximum atomic E-state index is 12.3. The predicted octanol–water partition coefficient (Wildman–Crippen LogP) is 2.70. The van der Waals surface area contributed by atoms with Crippen molar-refractivity contribution in [1.82, 2.24) is 10.6 Å². The summed E-state index contributed by atoms with van der Waals surface area (Å²) in [5, 5.41) is 6.46. The van der Waals surface area contributed by atoms with E-state index in [0.717, 1.165) is 24.8 Å². The number of rotatable bonds is 8. The van der Waals surface area contributed by atoms with Gasteiger partial charge in [0.05, 0.1) is 0 Å². The summed E-state index contributed by atoms with van der Waals surface area (Å²) in [7, 11) is 0. The maximum absolute atomic E-state index is 12.3. The Kier molecular flexibility index (Phi) is 5.83. The highest BCUT2D eigenvalue weighted by atomic mass is 35.5. The molecule has 0 heterocycles. The summed E-state index contributed by atoms with van der Waals surface area (Å²) in [5.74, 6) is -0.264. The van der Waals surface area contributed by atoms with E-state index in [1.54, 1.807) is 0 Å². The first-order valence-corrected chi connectivity index (χ1v) is 8.27. The molecule has 0 unspecified atom stereocenters.